The summed E-state index contributed by atoms with van der Waals surface area (Å²) in [5.74, 6) is 0.792. The maximum absolute atomic E-state index is 8.71. The molecular weight excluding hydrogens is 254 g/mol. The zero-order chi connectivity index (χ0) is 14.4. The lowest BCUT2D eigenvalue weighted by atomic mass is 10.2. The van der Waals surface area contributed by atoms with Gasteiger partial charge in [0.15, 0.2) is 5.84 Å². The van der Waals surface area contributed by atoms with Crippen LogP contribution < -0.4 is 10.6 Å². The predicted octanol–water partition coefficient (Wildman–Crippen LogP) is 1.60. The van der Waals surface area contributed by atoms with Gasteiger partial charge >= 0.3 is 0 Å². The van der Waals surface area contributed by atoms with E-state index in [0.717, 1.165) is 24.5 Å². The van der Waals surface area contributed by atoms with Gasteiger partial charge in [0.1, 0.15) is 11.5 Å². The molecule has 0 aliphatic carbocycles. The van der Waals surface area contributed by atoms with E-state index in [4.69, 9.17) is 10.9 Å². The van der Waals surface area contributed by atoms with Crippen LogP contribution in [0.2, 0.25) is 0 Å². The largest absolute Gasteiger partial charge is 0.409 e. The quantitative estimate of drug-likeness (QED) is 0.373. The molecule has 0 fully saturated rings. The number of nitrogens with zero attached hydrogens (tertiary/aromatic N) is 4. The molecule has 3 N–H and O–H groups in total. The summed E-state index contributed by atoms with van der Waals surface area (Å²) in [5, 5.41) is 11.7. The van der Waals surface area contributed by atoms with Crippen molar-refractivity contribution in [3.63, 3.8) is 0 Å². The van der Waals surface area contributed by atoms with Crippen LogP contribution in [0.15, 0.2) is 47.9 Å². The SMILES string of the molecule is CCN(Cc1ccncc1)c1cccc(C(N)=NO)n1. The van der Waals surface area contributed by atoms with E-state index in [-0.39, 0.29) is 5.84 Å². The Hall–Kier alpha value is -2.63. The number of hydrogen-bond acceptors (Lipinski definition) is 5. The number of amidine groups is 1. The molecule has 0 saturated carbocycles. The van der Waals surface area contributed by atoms with E-state index in [0.29, 0.717) is 5.69 Å². The minimum atomic E-state index is 0.00631. The fraction of sp³-hybridized carbons (Fsp3) is 0.214. The molecule has 6 nitrogen and oxygen atoms in total. The summed E-state index contributed by atoms with van der Waals surface area (Å²) in [6, 6.07) is 9.38. The fourth-order valence-electron chi connectivity index (χ4n) is 1.86. The van der Waals surface area contributed by atoms with Gasteiger partial charge in [-0.15, -0.1) is 0 Å². The standard InChI is InChI=1S/C14H17N5O/c1-2-19(10-11-6-8-16-9-7-11)13-5-3-4-12(17-13)14(15)18-20/h3-9,20H,2,10H2,1H3,(H2,15,18). The number of oxime groups is 1. The molecule has 0 amide bonds. The molecule has 0 aliphatic heterocycles. The minimum Gasteiger partial charge on any atom is -0.409 e. The highest BCUT2D eigenvalue weighted by Crippen LogP contribution is 2.14. The molecular formula is C14H17N5O. The average Bonchev–Trinajstić information content (AvgIpc) is 2.53. The minimum absolute atomic E-state index is 0.00631. The molecule has 6 heteroatoms. The Bertz CT molecular complexity index is 585. The van der Waals surface area contributed by atoms with Gasteiger partial charge in [-0.1, -0.05) is 11.2 Å². The summed E-state index contributed by atoms with van der Waals surface area (Å²) in [5.41, 5.74) is 7.18. The highest BCUT2D eigenvalue weighted by molar-refractivity contribution is 5.95. The van der Waals surface area contributed by atoms with E-state index in [2.05, 4.69) is 26.9 Å². The third-order valence-electron chi connectivity index (χ3n) is 2.93. The highest BCUT2D eigenvalue weighted by atomic mass is 16.4. The molecule has 0 spiro atoms. The number of aromatic nitrogens is 2. The lowest BCUT2D eigenvalue weighted by molar-refractivity contribution is 0.318. The van der Waals surface area contributed by atoms with Crippen LogP contribution in [0.3, 0.4) is 0 Å². The maximum Gasteiger partial charge on any atom is 0.188 e. The van der Waals surface area contributed by atoms with Crippen LogP contribution in [0.1, 0.15) is 18.2 Å². The van der Waals surface area contributed by atoms with Crippen molar-refractivity contribution in [3.8, 4) is 0 Å². The van der Waals surface area contributed by atoms with Crippen LogP contribution >= 0.6 is 0 Å². The number of rotatable bonds is 5. The van der Waals surface area contributed by atoms with Gasteiger partial charge in [-0.2, -0.15) is 0 Å². The van der Waals surface area contributed by atoms with Gasteiger partial charge in [0.05, 0.1) is 0 Å². The molecule has 2 aromatic rings. The number of nitrogens with two attached hydrogens (primary N) is 1. The number of pyridine rings is 2. The Morgan fingerprint density at radius 3 is 2.70 bits per heavy atom. The van der Waals surface area contributed by atoms with E-state index in [9.17, 15) is 0 Å². The number of anilines is 1. The van der Waals surface area contributed by atoms with Crippen LogP contribution in [0.4, 0.5) is 5.82 Å². The summed E-state index contributed by atoms with van der Waals surface area (Å²) < 4.78 is 0. The van der Waals surface area contributed by atoms with Crippen molar-refractivity contribution >= 4 is 11.7 Å². The monoisotopic (exact) mass is 271 g/mol. The van der Waals surface area contributed by atoms with Crippen LogP contribution in [-0.4, -0.2) is 27.6 Å². The van der Waals surface area contributed by atoms with Gasteiger partial charge in [-0.3, -0.25) is 4.98 Å². The molecule has 2 rings (SSSR count). The summed E-state index contributed by atoms with van der Waals surface area (Å²) in [7, 11) is 0. The lowest BCUT2D eigenvalue weighted by Crippen LogP contribution is -2.24. The van der Waals surface area contributed by atoms with Crippen LogP contribution in [0, 0.1) is 0 Å². The Labute approximate surface area is 117 Å². The molecule has 2 aromatic heterocycles. The Morgan fingerprint density at radius 2 is 2.05 bits per heavy atom. The van der Waals surface area contributed by atoms with Gasteiger partial charge < -0.3 is 15.8 Å². The molecule has 0 aliphatic rings. The third-order valence-corrected chi connectivity index (χ3v) is 2.93. The first kappa shape index (κ1) is 13.8. The zero-order valence-corrected chi connectivity index (χ0v) is 11.3. The Balaban J connectivity index is 2.23. The zero-order valence-electron chi connectivity index (χ0n) is 11.3. The molecule has 0 saturated heterocycles. The smallest absolute Gasteiger partial charge is 0.188 e. The summed E-state index contributed by atoms with van der Waals surface area (Å²) in [4.78, 5) is 10.5. The molecule has 0 aromatic carbocycles. The normalized spacial score (nSPS) is 11.3. The summed E-state index contributed by atoms with van der Waals surface area (Å²) >= 11 is 0. The van der Waals surface area contributed by atoms with E-state index >= 15 is 0 Å². The Kier molecular flexibility index (Phi) is 4.49. The molecule has 104 valence electrons. The lowest BCUT2D eigenvalue weighted by Gasteiger charge is -2.22. The van der Waals surface area contributed by atoms with Gasteiger partial charge in [0.2, 0.25) is 0 Å². The van der Waals surface area contributed by atoms with Crippen LogP contribution in [0.25, 0.3) is 0 Å². The Morgan fingerprint density at radius 1 is 1.30 bits per heavy atom. The van der Waals surface area contributed by atoms with Crippen molar-refractivity contribution in [2.45, 2.75) is 13.5 Å². The van der Waals surface area contributed by atoms with E-state index < -0.39 is 0 Å². The molecule has 2 heterocycles. The second kappa shape index (κ2) is 6.51. The highest BCUT2D eigenvalue weighted by Gasteiger charge is 2.09. The first-order chi connectivity index (χ1) is 9.74. The predicted molar refractivity (Wildman–Crippen MR) is 77.7 cm³/mol. The molecule has 0 bridgehead atoms. The number of hydrogen-bond donors (Lipinski definition) is 2. The van der Waals surface area contributed by atoms with Gasteiger partial charge in [0, 0.05) is 25.5 Å². The first-order valence-electron chi connectivity index (χ1n) is 6.33. The van der Waals surface area contributed by atoms with Crippen LogP contribution in [0.5, 0.6) is 0 Å². The second-order valence-corrected chi connectivity index (χ2v) is 4.24. The van der Waals surface area contributed by atoms with Crippen molar-refractivity contribution in [1.82, 2.24) is 9.97 Å². The topological polar surface area (TPSA) is 87.6 Å². The van der Waals surface area contributed by atoms with Gasteiger partial charge in [0.25, 0.3) is 0 Å². The van der Waals surface area contributed by atoms with Crippen molar-refractivity contribution in [2.75, 3.05) is 11.4 Å². The van der Waals surface area contributed by atoms with E-state index in [1.807, 2.05) is 24.3 Å². The summed E-state index contributed by atoms with van der Waals surface area (Å²) in [6.45, 7) is 3.58. The van der Waals surface area contributed by atoms with Crippen molar-refractivity contribution in [3.05, 3.63) is 54.0 Å². The van der Waals surface area contributed by atoms with E-state index in [1.165, 1.54) is 0 Å². The van der Waals surface area contributed by atoms with E-state index in [1.54, 1.807) is 18.5 Å². The fourth-order valence-corrected chi connectivity index (χ4v) is 1.86. The molecule has 0 unspecified atom stereocenters. The first-order valence-corrected chi connectivity index (χ1v) is 6.33. The van der Waals surface area contributed by atoms with Gasteiger partial charge in [-0.25, -0.2) is 4.98 Å². The second-order valence-electron chi connectivity index (χ2n) is 4.24. The average molecular weight is 271 g/mol. The van der Waals surface area contributed by atoms with Crippen molar-refractivity contribution < 1.29 is 5.21 Å². The summed E-state index contributed by atoms with van der Waals surface area (Å²) in [6.07, 6.45) is 3.53. The molecule has 20 heavy (non-hydrogen) atoms. The third kappa shape index (κ3) is 3.23. The van der Waals surface area contributed by atoms with Gasteiger partial charge in [-0.05, 0) is 36.8 Å². The maximum atomic E-state index is 8.71. The van der Waals surface area contributed by atoms with Crippen LogP contribution in [-0.2, 0) is 6.54 Å². The van der Waals surface area contributed by atoms with Crippen molar-refractivity contribution in [2.24, 2.45) is 10.9 Å². The molecule has 0 radical (unpaired) electrons. The van der Waals surface area contributed by atoms with Crippen molar-refractivity contribution in [1.29, 1.82) is 0 Å². The molecule has 0 atom stereocenters.